The Kier molecular flexibility index (Phi) is 7.69. The SMILES string of the molecule is CCOC(=O)CC(c1ccc(N(CC(C)C)C2CCOCC2)c([N+](=O)[O-])c1)C1CC1. The lowest BCUT2D eigenvalue weighted by Gasteiger charge is -2.37. The number of carbonyl (C=O) groups excluding carboxylic acids is 1. The highest BCUT2D eigenvalue weighted by atomic mass is 16.6. The molecule has 2 aliphatic rings. The molecule has 7 heteroatoms. The molecule has 0 amide bonds. The van der Waals surface area contributed by atoms with E-state index in [4.69, 9.17) is 9.47 Å². The smallest absolute Gasteiger partial charge is 0.306 e. The van der Waals surface area contributed by atoms with Crippen molar-refractivity contribution in [1.82, 2.24) is 0 Å². The van der Waals surface area contributed by atoms with E-state index in [0.29, 0.717) is 37.3 Å². The van der Waals surface area contributed by atoms with Crippen molar-refractivity contribution in [3.8, 4) is 0 Å². The first-order valence-corrected chi connectivity index (χ1v) is 11.2. The van der Waals surface area contributed by atoms with E-state index in [1.807, 2.05) is 12.1 Å². The first kappa shape index (κ1) is 22.5. The fraction of sp³-hybridized carbons (Fsp3) is 0.696. The zero-order valence-electron chi connectivity index (χ0n) is 18.3. The first-order valence-electron chi connectivity index (χ1n) is 11.2. The molecule has 1 aliphatic carbocycles. The first-order chi connectivity index (χ1) is 14.4. The van der Waals surface area contributed by atoms with E-state index in [0.717, 1.165) is 37.8 Å². The Morgan fingerprint density at radius 1 is 1.27 bits per heavy atom. The molecule has 7 nitrogen and oxygen atoms in total. The third-order valence-electron chi connectivity index (χ3n) is 6.01. The van der Waals surface area contributed by atoms with Gasteiger partial charge < -0.3 is 14.4 Å². The van der Waals surface area contributed by atoms with Crippen molar-refractivity contribution in [1.29, 1.82) is 0 Å². The topological polar surface area (TPSA) is 81.9 Å². The Morgan fingerprint density at radius 3 is 2.53 bits per heavy atom. The summed E-state index contributed by atoms with van der Waals surface area (Å²) in [7, 11) is 0. The molecule has 2 fully saturated rings. The maximum Gasteiger partial charge on any atom is 0.306 e. The molecular weight excluding hydrogens is 384 g/mol. The van der Waals surface area contributed by atoms with Crippen molar-refractivity contribution in [3.05, 3.63) is 33.9 Å². The Labute approximate surface area is 178 Å². The average Bonchev–Trinajstić information content (AvgIpc) is 3.56. The van der Waals surface area contributed by atoms with E-state index in [1.54, 1.807) is 13.0 Å². The monoisotopic (exact) mass is 418 g/mol. The van der Waals surface area contributed by atoms with Crippen molar-refractivity contribution in [2.24, 2.45) is 11.8 Å². The molecule has 1 saturated carbocycles. The maximum atomic E-state index is 12.1. The number of anilines is 1. The van der Waals surface area contributed by atoms with Crippen molar-refractivity contribution in [3.63, 3.8) is 0 Å². The van der Waals surface area contributed by atoms with E-state index in [2.05, 4.69) is 18.7 Å². The zero-order valence-corrected chi connectivity index (χ0v) is 18.3. The summed E-state index contributed by atoms with van der Waals surface area (Å²) in [5.74, 6) is 0.542. The van der Waals surface area contributed by atoms with Gasteiger partial charge >= 0.3 is 5.97 Å². The number of benzene rings is 1. The summed E-state index contributed by atoms with van der Waals surface area (Å²) in [4.78, 5) is 26.1. The second-order valence-electron chi connectivity index (χ2n) is 8.85. The average molecular weight is 419 g/mol. The highest BCUT2D eigenvalue weighted by Crippen LogP contribution is 2.46. The largest absolute Gasteiger partial charge is 0.466 e. The lowest BCUT2D eigenvalue weighted by Crippen LogP contribution is -2.42. The highest BCUT2D eigenvalue weighted by molar-refractivity contribution is 5.71. The standard InChI is InChI=1S/C23H34N2O5/c1-4-30-23(26)14-20(17-5-6-17)18-7-8-21(22(13-18)25(27)28)24(15-16(2)3)19-9-11-29-12-10-19/h7-8,13,16-17,19-20H,4-6,9-12,14-15H2,1-3H3. The van der Waals surface area contributed by atoms with Crippen LogP contribution in [0.3, 0.4) is 0 Å². The highest BCUT2D eigenvalue weighted by Gasteiger charge is 2.36. The third-order valence-corrected chi connectivity index (χ3v) is 6.01. The van der Waals surface area contributed by atoms with Gasteiger partial charge in [0, 0.05) is 31.9 Å². The van der Waals surface area contributed by atoms with E-state index < -0.39 is 0 Å². The Hall–Kier alpha value is -2.15. The minimum absolute atomic E-state index is 0.0153. The van der Waals surface area contributed by atoms with Crippen LogP contribution in [0.4, 0.5) is 11.4 Å². The van der Waals surface area contributed by atoms with Crippen LogP contribution in [0.2, 0.25) is 0 Å². The van der Waals surface area contributed by atoms with Crippen LogP contribution >= 0.6 is 0 Å². The van der Waals surface area contributed by atoms with Crippen LogP contribution in [-0.4, -0.2) is 43.3 Å². The van der Waals surface area contributed by atoms with Crippen LogP contribution in [-0.2, 0) is 14.3 Å². The van der Waals surface area contributed by atoms with E-state index in [9.17, 15) is 14.9 Å². The van der Waals surface area contributed by atoms with Gasteiger partial charge in [0.05, 0.1) is 18.0 Å². The third kappa shape index (κ3) is 5.72. The molecule has 30 heavy (non-hydrogen) atoms. The van der Waals surface area contributed by atoms with Crippen molar-refractivity contribution in [2.45, 2.75) is 64.8 Å². The fourth-order valence-electron chi connectivity index (χ4n) is 4.45. The van der Waals surface area contributed by atoms with Crippen LogP contribution in [0.15, 0.2) is 18.2 Å². The number of carbonyl (C=O) groups is 1. The lowest BCUT2D eigenvalue weighted by atomic mass is 9.90. The van der Waals surface area contributed by atoms with E-state index >= 15 is 0 Å². The normalized spacial score (nSPS) is 18.3. The minimum Gasteiger partial charge on any atom is -0.466 e. The van der Waals surface area contributed by atoms with Gasteiger partial charge in [0.2, 0.25) is 0 Å². The van der Waals surface area contributed by atoms with Crippen molar-refractivity contribution in [2.75, 3.05) is 31.3 Å². The Bertz CT molecular complexity index is 741. The zero-order chi connectivity index (χ0) is 21.7. The summed E-state index contributed by atoms with van der Waals surface area (Å²) in [5, 5.41) is 12.0. The van der Waals surface area contributed by atoms with Crippen molar-refractivity contribution < 1.29 is 19.2 Å². The van der Waals surface area contributed by atoms with Gasteiger partial charge in [0.15, 0.2) is 0 Å². The molecular formula is C23H34N2O5. The van der Waals surface area contributed by atoms with Gasteiger partial charge in [-0.3, -0.25) is 14.9 Å². The number of rotatable bonds is 10. The minimum atomic E-state index is -0.278. The molecule has 1 aromatic carbocycles. The molecule has 166 valence electrons. The molecule has 0 radical (unpaired) electrons. The van der Waals surface area contributed by atoms with E-state index in [-0.39, 0.29) is 35.0 Å². The van der Waals surface area contributed by atoms with Gasteiger partial charge in [-0.15, -0.1) is 0 Å². The molecule has 1 atom stereocenters. The van der Waals surface area contributed by atoms with Gasteiger partial charge in [-0.05, 0) is 62.0 Å². The van der Waals surface area contributed by atoms with Gasteiger partial charge in [0.25, 0.3) is 5.69 Å². The molecule has 1 unspecified atom stereocenters. The number of ether oxygens (including phenoxy) is 2. The van der Waals surface area contributed by atoms with Gasteiger partial charge in [-0.2, -0.15) is 0 Å². The number of nitro benzene ring substituents is 1. The summed E-state index contributed by atoms with van der Waals surface area (Å²) in [6.07, 6.45) is 4.14. The molecule has 0 N–H and O–H groups in total. The van der Waals surface area contributed by atoms with Crippen LogP contribution in [0.5, 0.6) is 0 Å². The van der Waals surface area contributed by atoms with Crippen LogP contribution in [0.1, 0.15) is 64.4 Å². The quantitative estimate of drug-likeness (QED) is 0.312. The number of hydrogen-bond acceptors (Lipinski definition) is 6. The number of nitrogens with zero attached hydrogens (tertiary/aromatic N) is 2. The van der Waals surface area contributed by atoms with Gasteiger partial charge in [-0.1, -0.05) is 19.9 Å². The summed E-state index contributed by atoms with van der Waals surface area (Å²) in [5.41, 5.74) is 1.68. The Morgan fingerprint density at radius 2 is 1.97 bits per heavy atom. The molecule has 0 spiro atoms. The number of esters is 1. The molecule has 1 saturated heterocycles. The second kappa shape index (κ2) is 10.2. The number of hydrogen-bond donors (Lipinski definition) is 0. The Balaban J connectivity index is 1.92. The molecule has 3 rings (SSSR count). The predicted octanol–water partition coefficient (Wildman–Crippen LogP) is 4.68. The molecule has 0 aromatic heterocycles. The van der Waals surface area contributed by atoms with E-state index in [1.165, 1.54) is 0 Å². The summed E-state index contributed by atoms with van der Waals surface area (Å²) in [6, 6.07) is 5.82. The fourth-order valence-corrected chi connectivity index (χ4v) is 4.45. The number of nitro groups is 1. The summed E-state index contributed by atoms with van der Waals surface area (Å²) >= 11 is 0. The molecule has 0 bridgehead atoms. The second-order valence-corrected chi connectivity index (χ2v) is 8.85. The molecule has 1 aliphatic heterocycles. The molecule has 1 heterocycles. The lowest BCUT2D eigenvalue weighted by molar-refractivity contribution is -0.384. The van der Waals surface area contributed by atoms with Crippen LogP contribution in [0.25, 0.3) is 0 Å². The maximum absolute atomic E-state index is 12.1. The van der Waals surface area contributed by atoms with Crippen LogP contribution in [0, 0.1) is 22.0 Å². The molecule has 1 aromatic rings. The summed E-state index contributed by atoms with van der Waals surface area (Å²) < 4.78 is 10.6. The van der Waals surface area contributed by atoms with Crippen molar-refractivity contribution >= 4 is 17.3 Å². The summed E-state index contributed by atoms with van der Waals surface area (Å²) in [6.45, 7) is 8.56. The van der Waals surface area contributed by atoms with Gasteiger partial charge in [-0.25, -0.2) is 0 Å². The predicted molar refractivity (Wildman–Crippen MR) is 116 cm³/mol. The van der Waals surface area contributed by atoms with Crippen LogP contribution < -0.4 is 4.90 Å². The van der Waals surface area contributed by atoms with Gasteiger partial charge in [0.1, 0.15) is 5.69 Å².